The molecule has 0 spiro atoms. The lowest BCUT2D eigenvalue weighted by atomic mass is 9.97. The summed E-state index contributed by atoms with van der Waals surface area (Å²) in [5, 5.41) is 4.21. The van der Waals surface area contributed by atoms with Crippen LogP contribution in [0.25, 0.3) is 0 Å². The Morgan fingerprint density at radius 1 is 1.24 bits per heavy atom. The zero-order valence-corrected chi connectivity index (χ0v) is 14.4. The summed E-state index contributed by atoms with van der Waals surface area (Å²) >= 11 is 2.02. The molecule has 0 amide bonds. The van der Waals surface area contributed by atoms with Crippen LogP contribution in [0.15, 0.2) is 29.2 Å². The van der Waals surface area contributed by atoms with Crippen molar-refractivity contribution in [3.63, 3.8) is 0 Å². The van der Waals surface area contributed by atoms with E-state index >= 15 is 0 Å². The van der Waals surface area contributed by atoms with Gasteiger partial charge in [0.1, 0.15) is 0 Å². The molecule has 0 aromatic heterocycles. The number of hydrogen-bond donors (Lipinski definition) is 1. The van der Waals surface area contributed by atoms with Gasteiger partial charge in [-0.05, 0) is 55.8 Å². The number of rotatable bonds is 7. The molecule has 2 rings (SSSR count). The quantitative estimate of drug-likeness (QED) is 0.802. The first-order chi connectivity index (χ1) is 10.2. The van der Waals surface area contributed by atoms with Crippen LogP contribution in [-0.2, 0) is 11.3 Å². The van der Waals surface area contributed by atoms with Crippen molar-refractivity contribution in [1.29, 1.82) is 0 Å². The number of nitrogens with one attached hydrogen (secondary N) is 1. The molecule has 2 nitrogen and oxygen atoms in total. The molecule has 0 saturated heterocycles. The molecule has 1 aromatic rings. The van der Waals surface area contributed by atoms with Gasteiger partial charge in [-0.15, -0.1) is 11.8 Å². The van der Waals surface area contributed by atoms with Crippen LogP contribution in [0.5, 0.6) is 0 Å². The second kappa shape index (κ2) is 8.82. The third kappa shape index (κ3) is 6.01. The van der Waals surface area contributed by atoms with Gasteiger partial charge in [0.15, 0.2) is 0 Å². The molecule has 0 radical (unpaired) electrons. The molecule has 2 unspecified atom stereocenters. The van der Waals surface area contributed by atoms with Crippen LogP contribution in [0.4, 0.5) is 0 Å². The van der Waals surface area contributed by atoms with E-state index in [0.29, 0.717) is 17.3 Å². The minimum atomic E-state index is 0.468. The monoisotopic (exact) mass is 307 g/mol. The van der Waals surface area contributed by atoms with Crippen molar-refractivity contribution in [2.75, 3.05) is 13.7 Å². The Labute approximate surface area is 134 Å². The first-order valence-electron chi connectivity index (χ1n) is 8.16. The van der Waals surface area contributed by atoms with E-state index in [1.807, 2.05) is 18.9 Å². The molecule has 1 aliphatic carbocycles. The van der Waals surface area contributed by atoms with Crippen LogP contribution in [0.1, 0.15) is 45.1 Å². The molecule has 3 heteroatoms. The van der Waals surface area contributed by atoms with Crippen molar-refractivity contribution in [2.24, 2.45) is 5.92 Å². The van der Waals surface area contributed by atoms with E-state index in [-0.39, 0.29) is 0 Å². The van der Waals surface area contributed by atoms with E-state index in [4.69, 9.17) is 4.74 Å². The van der Waals surface area contributed by atoms with Crippen LogP contribution < -0.4 is 5.32 Å². The molecule has 1 fully saturated rings. The van der Waals surface area contributed by atoms with Crippen LogP contribution in [0.2, 0.25) is 0 Å². The Hall–Kier alpha value is -0.510. The van der Waals surface area contributed by atoms with E-state index in [1.54, 1.807) is 0 Å². The van der Waals surface area contributed by atoms with Crippen LogP contribution >= 0.6 is 11.8 Å². The van der Waals surface area contributed by atoms with Gasteiger partial charge < -0.3 is 10.1 Å². The summed E-state index contributed by atoms with van der Waals surface area (Å²) < 4.78 is 5.52. The summed E-state index contributed by atoms with van der Waals surface area (Å²) in [6, 6.07) is 9.06. The maximum absolute atomic E-state index is 5.52. The van der Waals surface area contributed by atoms with Crippen LogP contribution in [-0.4, -0.2) is 25.0 Å². The lowest BCUT2D eigenvalue weighted by Crippen LogP contribution is -2.23. The maximum atomic E-state index is 5.52. The normalized spacial score (nSPS) is 22.7. The molecule has 2 atom stereocenters. The lowest BCUT2D eigenvalue weighted by Gasteiger charge is -2.27. The van der Waals surface area contributed by atoms with E-state index in [1.165, 1.54) is 36.1 Å². The van der Waals surface area contributed by atoms with Gasteiger partial charge in [0.2, 0.25) is 0 Å². The summed E-state index contributed by atoms with van der Waals surface area (Å²) in [5.74, 6) is 0.708. The summed E-state index contributed by atoms with van der Waals surface area (Å²) in [4.78, 5) is 1.39. The van der Waals surface area contributed by atoms with Crippen LogP contribution in [0, 0.1) is 5.92 Å². The maximum Gasteiger partial charge on any atom is 0.0582 e. The van der Waals surface area contributed by atoms with Crippen molar-refractivity contribution >= 4 is 11.8 Å². The number of ether oxygens (including phenoxy) is 1. The van der Waals surface area contributed by atoms with Crippen molar-refractivity contribution in [3.8, 4) is 0 Å². The van der Waals surface area contributed by atoms with Gasteiger partial charge in [-0.25, -0.2) is 0 Å². The van der Waals surface area contributed by atoms with Crippen molar-refractivity contribution in [2.45, 2.75) is 62.3 Å². The van der Waals surface area contributed by atoms with Crippen molar-refractivity contribution in [1.82, 2.24) is 5.32 Å². The Morgan fingerprint density at radius 2 is 2.00 bits per heavy atom. The predicted octanol–water partition coefficient (Wildman–Crippen LogP) is 4.48. The molecule has 21 heavy (non-hydrogen) atoms. The summed E-state index contributed by atoms with van der Waals surface area (Å²) in [6.45, 7) is 6.53. The summed E-state index contributed by atoms with van der Waals surface area (Å²) in [5.41, 5.74) is 1.37. The standard InChI is InChI=1S/C18H29NOS/c1-14(2)12-19-13-15-7-9-17(10-8-15)21-18-6-4-5-16(11-18)20-3/h7-10,14,16,18-19H,4-6,11-13H2,1-3H3. The van der Waals surface area contributed by atoms with Crippen molar-refractivity contribution in [3.05, 3.63) is 29.8 Å². The molecule has 0 heterocycles. The van der Waals surface area contributed by atoms with Gasteiger partial charge in [0, 0.05) is 23.8 Å². The zero-order valence-electron chi connectivity index (χ0n) is 13.6. The van der Waals surface area contributed by atoms with Gasteiger partial charge in [-0.3, -0.25) is 0 Å². The number of hydrogen-bond acceptors (Lipinski definition) is 3. The number of thioether (sulfide) groups is 1. The molecule has 0 bridgehead atoms. The van der Waals surface area contributed by atoms with E-state index in [2.05, 4.69) is 43.4 Å². The Bertz CT molecular complexity index is 404. The topological polar surface area (TPSA) is 21.3 Å². The third-order valence-electron chi connectivity index (χ3n) is 4.02. The van der Waals surface area contributed by atoms with Gasteiger partial charge in [0.05, 0.1) is 6.10 Å². The molecular weight excluding hydrogens is 278 g/mol. The fourth-order valence-corrected chi connectivity index (χ4v) is 4.08. The molecule has 1 aromatic carbocycles. The second-order valence-electron chi connectivity index (χ2n) is 6.43. The molecule has 1 aliphatic rings. The minimum absolute atomic E-state index is 0.468. The lowest BCUT2D eigenvalue weighted by molar-refractivity contribution is 0.0730. The van der Waals surface area contributed by atoms with Gasteiger partial charge >= 0.3 is 0 Å². The average molecular weight is 308 g/mol. The van der Waals surface area contributed by atoms with Gasteiger partial charge in [-0.1, -0.05) is 26.0 Å². The summed E-state index contributed by atoms with van der Waals surface area (Å²) in [7, 11) is 1.84. The van der Waals surface area contributed by atoms with Gasteiger partial charge in [0.25, 0.3) is 0 Å². The zero-order chi connectivity index (χ0) is 15.1. The highest BCUT2D eigenvalue weighted by Crippen LogP contribution is 2.34. The first kappa shape index (κ1) is 16.9. The smallest absolute Gasteiger partial charge is 0.0582 e. The Kier molecular flexibility index (Phi) is 7.08. The molecule has 0 aliphatic heterocycles. The van der Waals surface area contributed by atoms with E-state index < -0.39 is 0 Å². The summed E-state index contributed by atoms with van der Waals surface area (Å²) in [6.07, 6.45) is 5.51. The minimum Gasteiger partial charge on any atom is -0.381 e. The fourth-order valence-electron chi connectivity index (χ4n) is 2.81. The second-order valence-corrected chi connectivity index (χ2v) is 7.81. The predicted molar refractivity (Wildman–Crippen MR) is 91.9 cm³/mol. The Morgan fingerprint density at radius 3 is 2.67 bits per heavy atom. The third-order valence-corrected chi connectivity index (χ3v) is 5.32. The largest absolute Gasteiger partial charge is 0.381 e. The molecular formula is C18H29NOS. The highest BCUT2D eigenvalue weighted by molar-refractivity contribution is 8.00. The molecule has 1 saturated carbocycles. The molecule has 1 N–H and O–H groups in total. The number of benzene rings is 1. The SMILES string of the molecule is COC1CCCC(Sc2ccc(CNCC(C)C)cc2)C1. The fraction of sp³-hybridized carbons (Fsp3) is 0.667. The van der Waals surface area contributed by atoms with E-state index in [9.17, 15) is 0 Å². The number of methoxy groups -OCH3 is 1. The highest BCUT2D eigenvalue weighted by atomic mass is 32.2. The molecule has 118 valence electrons. The Balaban J connectivity index is 1.79. The van der Waals surface area contributed by atoms with Gasteiger partial charge in [-0.2, -0.15) is 0 Å². The van der Waals surface area contributed by atoms with Crippen molar-refractivity contribution < 1.29 is 4.74 Å². The average Bonchev–Trinajstić information content (AvgIpc) is 2.49. The van der Waals surface area contributed by atoms with Crippen LogP contribution in [0.3, 0.4) is 0 Å². The first-order valence-corrected chi connectivity index (χ1v) is 9.04. The highest BCUT2D eigenvalue weighted by Gasteiger charge is 2.22. The van der Waals surface area contributed by atoms with E-state index in [0.717, 1.165) is 13.1 Å².